The Morgan fingerprint density at radius 3 is 2.50 bits per heavy atom. The summed E-state index contributed by atoms with van der Waals surface area (Å²) in [6.45, 7) is 8.73. The predicted octanol–water partition coefficient (Wildman–Crippen LogP) is 2.69. The molecule has 1 heterocycles. The molecule has 0 aromatic rings. The molecule has 1 heteroatoms. The first-order valence-corrected chi connectivity index (χ1v) is 5.10. The molecule has 1 spiro atoms. The molecule has 1 saturated heterocycles. The van der Waals surface area contributed by atoms with E-state index in [1.807, 2.05) is 0 Å². The third-order valence-electron chi connectivity index (χ3n) is 3.47. The molecule has 1 nitrogen and oxygen atoms in total. The van der Waals surface area contributed by atoms with Crippen LogP contribution in [0.3, 0.4) is 0 Å². The Bertz CT molecular complexity index is 201. The van der Waals surface area contributed by atoms with E-state index >= 15 is 0 Å². The van der Waals surface area contributed by atoms with E-state index in [1.165, 1.54) is 31.4 Å². The molecule has 1 aliphatic carbocycles. The van der Waals surface area contributed by atoms with Crippen LogP contribution in [-0.2, 0) is 0 Å². The fourth-order valence-electron chi connectivity index (χ4n) is 2.36. The Labute approximate surface area is 75.2 Å². The first-order valence-electron chi connectivity index (χ1n) is 5.10. The average molecular weight is 165 g/mol. The summed E-state index contributed by atoms with van der Waals surface area (Å²) in [5, 5.41) is 3.60. The van der Waals surface area contributed by atoms with Crippen molar-refractivity contribution in [3.8, 4) is 0 Å². The maximum absolute atomic E-state index is 4.14. The molecule has 68 valence electrons. The lowest BCUT2D eigenvalue weighted by Gasteiger charge is -2.35. The molecule has 2 aliphatic rings. The van der Waals surface area contributed by atoms with Gasteiger partial charge in [-0.05, 0) is 31.6 Å². The Kier molecular flexibility index (Phi) is 1.71. The van der Waals surface area contributed by atoms with Crippen LogP contribution in [-0.4, -0.2) is 5.54 Å². The molecule has 0 aromatic carbocycles. The van der Waals surface area contributed by atoms with Gasteiger partial charge in [-0.3, -0.25) is 0 Å². The van der Waals surface area contributed by atoms with Crippen LogP contribution in [0.25, 0.3) is 0 Å². The zero-order chi connectivity index (χ0) is 8.77. The molecular formula is C11H19N. The van der Waals surface area contributed by atoms with E-state index in [9.17, 15) is 0 Å². The van der Waals surface area contributed by atoms with Gasteiger partial charge in [0.1, 0.15) is 0 Å². The fourth-order valence-corrected chi connectivity index (χ4v) is 2.36. The monoisotopic (exact) mass is 165 g/mol. The van der Waals surface area contributed by atoms with Crippen molar-refractivity contribution in [2.45, 2.75) is 45.1 Å². The Hall–Kier alpha value is -0.460. The second kappa shape index (κ2) is 2.51. The molecule has 2 rings (SSSR count). The minimum atomic E-state index is 0.516. The minimum Gasteiger partial charge on any atom is -0.383 e. The minimum absolute atomic E-state index is 0.516. The van der Waals surface area contributed by atoms with E-state index in [4.69, 9.17) is 0 Å². The van der Waals surface area contributed by atoms with Gasteiger partial charge in [0.25, 0.3) is 0 Å². The van der Waals surface area contributed by atoms with Crippen LogP contribution in [0.2, 0.25) is 0 Å². The van der Waals surface area contributed by atoms with Gasteiger partial charge in [0, 0.05) is 17.2 Å². The number of hydrogen-bond acceptors (Lipinski definition) is 1. The number of hydrogen-bond donors (Lipinski definition) is 1. The lowest BCUT2D eigenvalue weighted by Crippen LogP contribution is -2.39. The van der Waals surface area contributed by atoms with Gasteiger partial charge in [0.2, 0.25) is 0 Å². The Morgan fingerprint density at radius 2 is 2.08 bits per heavy atom. The number of allylic oxidation sites excluding steroid dienone is 1. The van der Waals surface area contributed by atoms with Crippen LogP contribution < -0.4 is 5.32 Å². The van der Waals surface area contributed by atoms with Gasteiger partial charge in [-0.1, -0.05) is 20.4 Å². The van der Waals surface area contributed by atoms with E-state index in [-0.39, 0.29) is 0 Å². The second-order valence-corrected chi connectivity index (χ2v) is 4.82. The van der Waals surface area contributed by atoms with Crippen molar-refractivity contribution in [2.24, 2.45) is 11.8 Å². The Morgan fingerprint density at radius 1 is 1.42 bits per heavy atom. The SMILES string of the molecule is C=C1NC2(CCC1C(C)C)CC2. The smallest absolute Gasteiger partial charge is 0.0372 e. The first-order chi connectivity index (χ1) is 5.63. The molecule has 1 N–H and O–H groups in total. The molecule has 0 bridgehead atoms. The summed E-state index contributed by atoms with van der Waals surface area (Å²) >= 11 is 0. The maximum Gasteiger partial charge on any atom is 0.0372 e. The van der Waals surface area contributed by atoms with Crippen molar-refractivity contribution in [3.05, 3.63) is 12.3 Å². The third-order valence-corrected chi connectivity index (χ3v) is 3.47. The molecule has 0 radical (unpaired) electrons. The molecule has 0 aromatic heterocycles. The second-order valence-electron chi connectivity index (χ2n) is 4.82. The summed E-state index contributed by atoms with van der Waals surface area (Å²) in [7, 11) is 0. The molecule has 2 fully saturated rings. The van der Waals surface area contributed by atoms with Crippen molar-refractivity contribution < 1.29 is 0 Å². The normalized spacial score (nSPS) is 32.2. The van der Waals surface area contributed by atoms with Gasteiger partial charge in [-0.2, -0.15) is 0 Å². The quantitative estimate of drug-likeness (QED) is 0.630. The van der Waals surface area contributed by atoms with E-state index in [1.54, 1.807) is 0 Å². The molecule has 1 aliphatic heterocycles. The van der Waals surface area contributed by atoms with Crippen molar-refractivity contribution in [1.82, 2.24) is 5.32 Å². The maximum atomic E-state index is 4.14. The van der Waals surface area contributed by atoms with Crippen molar-refractivity contribution in [1.29, 1.82) is 0 Å². The zero-order valence-electron chi connectivity index (χ0n) is 8.19. The van der Waals surface area contributed by atoms with Crippen LogP contribution in [0.4, 0.5) is 0 Å². The molecule has 1 unspecified atom stereocenters. The Balaban J connectivity index is 2.00. The lowest BCUT2D eigenvalue weighted by atomic mass is 9.83. The van der Waals surface area contributed by atoms with Gasteiger partial charge in [0.05, 0.1) is 0 Å². The van der Waals surface area contributed by atoms with Crippen LogP contribution in [0.15, 0.2) is 12.3 Å². The predicted molar refractivity (Wildman–Crippen MR) is 51.8 cm³/mol. The fraction of sp³-hybridized carbons (Fsp3) is 0.818. The first kappa shape index (κ1) is 8.15. The number of piperidine rings is 1. The van der Waals surface area contributed by atoms with Crippen LogP contribution in [0, 0.1) is 11.8 Å². The zero-order valence-corrected chi connectivity index (χ0v) is 8.19. The summed E-state index contributed by atoms with van der Waals surface area (Å²) in [5.74, 6) is 1.47. The number of rotatable bonds is 1. The highest BCUT2D eigenvalue weighted by molar-refractivity contribution is 5.16. The van der Waals surface area contributed by atoms with E-state index in [2.05, 4.69) is 25.7 Å². The number of nitrogens with one attached hydrogen (secondary N) is 1. The summed E-state index contributed by atoms with van der Waals surface area (Å²) in [5.41, 5.74) is 1.82. The highest BCUT2D eigenvalue weighted by atomic mass is 15.0. The van der Waals surface area contributed by atoms with Crippen LogP contribution >= 0.6 is 0 Å². The summed E-state index contributed by atoms with van der Waals surface area (Å²) in [4.78, 5) is 0. The van der Waals surface area contributed by atoms with E-state index < -0.39 is 0 Å². The lowest BCUT2D eigenvalue weighted by molar-refractivity contribution is 0.295. The van der Waals surface area contributed by atoms with Gasteiger partial charge in [0.15, 0.2) is 0 Å². The third kappa shape index (κ3) is 1.26. The van der Waals surface area contributed by atoms with E-state index in [0.717, 1.165) is 11.8 Å². The highest BCUT2D eigenvalue weighted by Gasteiger charge is 2.46. The largest absolute Gasteiger partial charge is 0.383 e. The van der Waals surface area contributed by atoms with Crippen LogP contribution in [0.5, 0.6) is 0 Å². The molecule has 0 amide bonds. The van der Waals surface area contributed by atoms with Crippen molar-refractivity contribution >= 4 is 0 Å². The van der Waals surface area contributed by atoms with Gasteiger partial charge in [-0.25, -0.2) is 0 Å². The summed E-state index contributed by atoms with van der Waals surface area (Å²) in [6.07, 6.45) is 5.46. The summed E-state index contributed by atoms with van der Waals surface area (Å²) < 4.78 is 0. The molecule has 1 saturated carbocycles. The average Bonchev–Trinajstić information content (AvgIpc) is 2.68. The summed E-state index contributed by atoms with van der Waals surface area (Å²) in [6, 6.07) is 0. The topological polar surface area (TPSA) is 12.0 Å². The van der Waals surface area contributed by atoms with Crippen molar-refractivity contribution in [3.63, 3.8) is 0 Å². The van der Waals surface area contributed by atoms with Crippen LogP contribution in [0.1, 0.15) is 39.5 Å². The van der Waals surface area contributed by atoms with Gasteiger partial charge >= 0.3 is 0 Å². The molecule has 1 atom stereocenters. The molecular weight excluding hydrogens is 146 g/mol. The standard InChI is InChI=1S/C11H19N/c1-8(2)10-4-5-11(6-7-11)12-9(10)3/h8,10,12H,3-7H2,1-2H3. The van der Waals surface area contributed by atoms with E-state index in [0.29, 0.717) is 5.54 Å². The highest BCUT2D eigenvalue weighted by Crippen LogP contribution is 2.46. The van der Waals surface area contributed by atoms with Gasteiger partial charge in [-0.15, -0.1) is 0 Å². The molecule has 12 heavy (non-hydrogen) atoms. The van der Waals surface area contributed by atoms with Crippen molar-refractivity contribution in [2.75, 3.05) is 0 Å². The van der Waals surface area contributed by atoms with Gasteiger partial charge < -0.3 is 5.32 Å².